The van der Waals surface area contributed by atoms with Gasteiger partial charge in [-0.1, -0.05) is 30.9 Å². The molecule has 1 fully saturated rings. The number of benzene rings is 1. The number of ether oxygens (including phenoxy) is 2. The first-order valence-corrected chi connectivity index (χ1v) is 8.19. The highest BCUT2D eigenvalue weighted by molar-refractivity contribution is 6.32. The van der Waals surface area contributed by atoms with Gasteiger partial charge in [-0.2, -0.15) is 5.26 Å². The fraction of sp³-hybridized carbons (Fsp3) is 0.529. The number of carbonyl (C=O) groups is 1. The summed E-state index contributed by atoms with van der Waals surface area (Å²) in [6, 6.07) is 5.01. The van der Waals surface area contributed by atoms with Crippen molar-refractivity contribution < 1.29 is 14.3 Å². The van der Waals surface area contributed by atoms with Gasteiger partial charge in [0, 0.05) is 12.6 Å². The molecule has 1 aromatic carbocycles. The van der Waals surface area contributed by atoms with Crippen LogP contribution in [0.2, 0.25) is 5.02 Å². The van der Waals surface area contributed by atoms with E-state index in [-0.39, 0.29) is 23.3 Å². The number of hydrogen-bond acceptors (Lipinski definition) is 4. The highest BCUT2D eigenvalue weighted by atomic mass is 35.5. The van der Waals surface area contributed by atoms with Crippen molar-refractivity contribution in [3.63, 3.8) is 0 Å². The molecule has 0 atom stereocenters. The molecule has 0 heterocycles. The second-order valence-corrected chi connectivity index (χ2v) is 6.11. The Kier molecular flexibility index (Phi) is 6.54. The topological polar surface area (TPSA) is 71.3 Å². The van der Waals surface area contributed by atoms with E-state index >= 15 is 0 Å². The van der Waals surface area contributed by atoms with Gasteiger partial charge in [0.15, 0.2) is 18.1 Å². The molecule has 1 aliphatic carbocycles. The van der Waals surface area contributed by atoms with Crippen molar-refractivity contribution in [3.05, 3.63) is 22.7 Å². The summed E-state index contributed by atoms with van der Waals surface area (Å²) in [5.41, 5.74) is 0.376. The van der Waals surface area contributed by atoms with Gasteiger partial charge in [-0.25, -0.2) is 0 Å². The van der Waals surface area contributed by atoms with Crippen molar-refractivity contribution in [2.75, 3.05) is 20.3 Å². The maximum Gasteiger partial charge on any atom is 0.257 e. The molecule has 1 amide bonds. The van der Waals surface area contributed by atoms with Crippen molar-refractivity contribution >= 4 is 17.5 Å². The van der Waals surface area contributed by atoms with Gasteiger partial charge in [-0.15, -0.1) is 0 Å². The Morgan fingerprint density at radius 2 is 2.13 bits per heavy atom. The highest BCUT2D eigenvalue weighted by Crippen LogP contribution is 2.36. The Balaban J connectivity index is 1.87. The molecular weight excluding hydrogens is 316 g/mol. The van der Waals surface area contributed by atoms with Crippen LogP contribution >= 0.6 is 11.6 Å². The average molecular weight is 337 g/mol. The van der Waals surface area contributed by atoms with Crippen molar-refractivity contribution in [1.82, 2.24) is 5.32 Å². The fourth-order valence-electron chi connectivity index (χ4n) is 2.76. The molecule has 1 aliphatic rings. The van der Waals surface area contributed by atoms with Crippen LogP contribution in [0.15, 0.2) is 12.1 Å². The molecule has 6 heteroatoms. The number of nitrogens with zero attached hydrogens (tertiary/aromatic N) is 1. The van der Waals surface area contributed by atoms with Crippen LogP contribution in [0.25, 0.3) is 0 Å². The normalized spacial score (nSPS) is 14.8. The zero-order chi connectivity index (χ0) is 16.7. The standard InChI is InChI=1S/C17H21ClN2O3/c1-22-15-8-13(9-19)7-14(18)17(15)23-11-16(21)20-10-12-5-3-2-4-6-12/h7-8,12H,2-6,10-11H2,1H3,(H,20,21). The van der Waals surface area contributed by atoms with Gasteiger partial charge < -0.3 is 14.8 Å². The van der Waals surface area contributed by atoms with E-state index in [4.69, 9.17) is 26.3 Å². The minimum absolute atomic E-state index is 0.130. The lowest BCUT2D eigenvalue weighted by Gasteiger charge is -2.21. The summed E-state index contributed by atoms with van der Waals surface area (Å²) in [4.78, 5) is 11.9. The van der Waals surface area contributed by atoms with Gasteiger partial charge >= 0.3 is 0 Å². The third-order valence-corrected chi connectivity index (χ3v) is 4.30. The van der Waals surface area contributed by atoms with Crippen LogP contribution in [0.3, 0.4) is 0 Å². The first kappa shape index (κ1) is 17.4. The van der Waals surface area contributed by atoms with E-state index < -0.39 is 0 Å². The third-order valence-electron chi connectivity index (χ3n) is 4.02. The quantitative estimate of drug-likeness (QED) is 0.865. The van der Waals surface area contributed by atoms with E-state index in [0.717, 1.165) is 0 Å². The number of rotatable bonds is 6. The predicted octanol–water partition coefficient (Wildman–Crippen LogP) is 3.30. The Morgan fingerprint density at radius 3 is 2.78 bits per heavy atom. The van der Waals surface area contributed by atoms with E-state index in [0.29, 0.717) is 23.8 Å². The van der Waals surface area contributed by atoms with E-state index in [9.17, 15) is 4.79 Å². The van der Waals surface area contributed by atoms with Gasteiger partial charge in [0.1, 0.15) is 0 Å². The molecule has 1 N–H and O–H groups in total. The Labute approximate surface area is 141 Å². The SMILES string of the molecule is COc1cc(C#N)cc(Cl)c1OCC(=O)NCC1CCCCC1. The van der Waals surface area contributed by atoms with Crippen molar-refractivity contribution in [1.29, 1.82) is 5.26 Å². The monoisotopic (exact) mass is 336 g/mol. The fourth-order valence-corrected chi connectivity index (χ4v) is 3.03. The number of nitriles is 1. The number of amides is 1. The number of nitrogens with one attached hydrogen (secondary N) is 1. The summed E-state index contributed by atoms with van der Waals surface area (Å²) in [7, 11) is 1.46. The molecule has 5 nitrogen and oxygen atoms in total. The molecular formula is C17H21ClN2O3. The summed E-state index contributed by atoms with van der Waals surface area (Å²) in [5.74, 6) is 1.01. The summed E-state index contributed by atoms with van der Waals surface area (Å²) >= 11 is 6.09. The van der Waals surface area contributed by atoms with Crippen molar-refractivity contribution in [2.24, 2.45) is 5.92 Å². The Hall–Kier alpha value is -1.93. The lowest BCUT2D eigenvalue weighted by atomic mass is 9.89. The molecule has 0 bridgehead atoms. The van der Waals surface area contributed by atoms with Gasteiger partial charge in [0.05, 0.1) is 23.8 Å². The maximum atomic E-state index is 11.9. The molecule has 124 valence electrons. The van der Waals surface area contributed by atoms with Gasteiger partial charge in [0.25, 0.3) is 5.91 Å². The third kappa shape index (κ3) is 5.04. The summed E-state index contributed by atoms with van der Waals surface area (Å²) in [6.45, 7) is 0.565. The first-order valence-electron chi connectivity index (χ1n) is 7.81. The maximum absolute atomic E-state index is 11.9. The summed E-state index contributed by atoms with van der Waals surface area (Å²) in [6.07, 6.45) is 6.14. The van der Waals surface area contributed by atoms with E-state index in [1.165, 1.54) is 51.3 Å². The number of halogens is 1. The average Bonchev–Trinajstić information content (AvgIpc) is 2.59. The van der Waals surface area contributed by atoms with Gasteiger partial charge in [-0.3, -0.25) is 4.79 Å². The number of carbonyl (C=O) groups excluding carboxylic acids is 1. The number of methoxy groups -OCH3 is 1. The van der Waals surface area contributed by atoms with Crippen LogP contribution < -0.4 is 14.8 Å². The Bertz CT molecular complexity index is 592. The van der Waals surface area contributed by atoms with Gasteiger partial charge in [0.2, 0.25) is 0 Å². The van der Waals surface area contributed by atoms with Gasteiger partial charge in [-0.05, 0) is 24.8 Å². The van der Waals surface area contributed by atoms with Crippen LogP contribution in [-0.4, -0.2) is 26.2 Å². The van der Waals surface area contributed by atoms with Crippen LogP contribution in [0.1, 0.15) is 37.7 Å². The van der Waals surface area contributed by atoms with Crippen LogP contribution in [0.5, 0.6) is 11.5 Å². The van der Waals surface area contributed by atoms with E-state index in [1.807, 2.05) is 6.07 Å². The molecule has 0 radical (unpaired) electrons. The largest absolute Gasteiger partial charge is 0.493 e. The van der Waals surface area contributed by atoms with Crippen LogP contribution in [-0.2, 0) is 4.79 Å². The molecule has 0 aliphatic heterocycles. The van der Waals surface area contributed by atoms with Crippen LogP contribution in [0.4, 0.5) is 0 Å². The predicted molar refractivity (Wildman–Crippen MR) is 87.8 cm³/mol. The molecule has 0 spiro atoms. The molecule has 1 aromatic rings. The highest BCUT2D eigenvalue weighted by Gasteiger charge is 2.16. The van der Waals surface area contributed by atoms with E-state index in [1.54, 1.807) is 0 Å². The summed E-state index contributed by atoms with van der Waals surface area (Å²) in [5, 5.41) is 12.1. The summed E-state index contributed by atoms with van der Waals surface area (Å²) < 4.78 is 10.6. The lowest BCUT2D eigenvalue weighted by Crippen LogP contribution is -2.33. The Morgan fingerprint density at radius 1 is 1.39 bits per heavy atom. The second kappa shape index (κ2) is 8.64. The molecule has 1 saturated carbocycles. The minimum atomic E-state index is -0.182. The minimum Gasteiger partial charge on any atom is -0.493 e. The first-order chi connectivity index (χ1) is 11.1. The van der Waals surface area contributed by atoms with Crippen LogP contribution in [0, 0.1) is 17.2 Å². The molecule has 0 saturated heterocycles. The molecule has 2 rings (SSSR count). The lowest BCUT2D eigenvalue weighted by molar-refractivity contribution is -0.123. The smallest absolute Gasteiger partial charge is 0.257 e. The van der Waals surface area contributed by atoms with Crippen molar-refractivity contribution in [3.8, 4) is 17.6 Å². The van der Waals surface area contributed by atoms with Crippen molar-refractivity contribution in [2.45, 2.75) is 32.1 Å². The molecule has 0 aromatic heterocycles. The molecule has 23 heavy (non-hydrogen) atoms. The molecule has 0 unspecified atom stereocenters. The zero-order valence-electron chi connectivity index (χ0n) is 13.2. The zero-order valence-corrected chi connectivity index (χ0v) is 14.0. The number of hydrogen-bond donors (Lipinski definition) is 1. The second-order valence-electron chi connectivity index (χ2n) is 5.70. The van der Waals surface area contributed by atoms with E-state index in [2.05, 4.69) is 5.32 Å².